The van der Waals surface area contributed by atoms with E-state index >= 15 is 0 Å². The molecule has 0 amide bonds. The molecule has 0 heteroatoms. The van der Waals surface area contributed by atoms with Gasteiger partial charge in [0.15, 0.2) is 0 Å². The van der Waals surface area contributed by atoms with Gasteiger partial charge >= 0.3 is 0 Å². The molecule has 1 aromatic carbocycles. The van der Waals surface area contributed by atoms with E-state index in [-0.39, 0.29) is 5.41 Å². The molecule has 0 radical (unpaired) electrons. The molecule has 0 aliphatic heterocycles. The summed E-state index contributed by atoms with van der Waals surface area (Å²) in [7, 11) is 0. The average molecular weight is 230 g/mol. The third-order valence-electron chi connectivity index (χ3n) is 4.40. The van der Waals surface area contributed by atoms with Crippen LogP contribution in [-0.2, 0) is 10.8 Å². The summed E-state index contributed by atoms with van der Waals surface area (Å²) >= 11 is 0. The van der Waals surface area contributed by atoms with Crippen molar-refractivity contribution in [3.8, 4) is 0 Å². The Balaban J connectivity index is 2.23. The van der Waals surface area contributed by atoms with E-state index < -0.39 is 0 Å². The number of rotatable bonds is 1. The minimum absolute atomic E-state index is 0.270. The highest BCUT2D eigenvalue weighted by Crippen LogP contribution is 2.39. The summed E-state index contributed by atoms with van der Waals surface area (Å²) in [4.78, 5) is 0. The monoisotopic (exact) mass is 230 g/mol. The Morgan fingerprint density at radius 2 is 1.41 bits per heavy atom. The van der Waals surface area contributed by atoms with Crippen molar-refractivity contribution in [1.82, 2.24) is 0 Å². The molecule has 0 unspecified atom stereocenters. The van der Waals surface area contributed by atoms with Crippen molar-refractivity contribution >= 4 is 0 Å². The molecule has 0 aromatic heterocycles. The SMILES string of the molecule is CC(C)(C)c1ccc(C2(C)CCCCC2)cc1. The van der Waals surface area contributed by atoms with Gasteiger partial charge in [0.05, 0.1) is 0 Å². The molecule has 1 fully saturated rings. The highest BCUT2D eigenvalue weighted by molar-refractivity contribution is 5.32. The normalized spacial score (nSPS) is 20.2. The minimum Gasteiger partial charge on any atom is -0.0582 e. The van der Waals surface area contributed by atoms with Gasteiger partial charge in [-0.2, -0.15) is 0 Å². The van der Waals surface area contributed by atoms with Crippen molar-refractivity contribution in [2.45, 2.75) is 70.6 Å². The van der Waals surface area contributed by atoms with Gasteiger partial charge < -0.3 is 0 Å². The van der Waals surface area contributed by atoms with Crippen LogP contribution in [-0.4, -0.2) is 0 Å². The fourth-order valence-electron chi connectivity index (χ4n) is 2.99. The Morgan fingerprint density at radius 3 is 1.88 bits per heavy atom. The maximum Gasteiger partial charge on any atom is -0.00752 e. The van der Waals surface area contributed by atoms with E-state index in [1.165, 1.54) is 37.7 Å². The van der Waals surface area contributed by atoms with Crippen molar-refractivity contribution < 1.29 is 0 Å². The van der Waals surface area contributed by atoms with Gasteiger partial charge in [0.1, 0.15) is 0 Å². The van der Waals surface area contributed by atoms with Gasteiger partial charge in [-0.3, -0.25) is 0 Å². The van der Waals surface area contributed by atoms with Crippen LogP contribution in [0.3, 0.4) is 0 Å². The average Bonchev–Trinajstić information content (AvgIpc) is 2.29. The Morgan fingerprint density at radius 1 is 0.882 bits per heavy atom. The summed E-state index contributed by atoms with van der Waals surface area (Å²) in [5.41, 5.74) is 3.70. The Bertz CT molecular complexity index is 358. The van der Waals surface area contributed by atoms with E-state index in [4.69, 9.17) is 0 Å². The Hall–Kier alpha value is -0.780. The zero-order valence-corrected chi connectivity index (χ0v) is 11.8. The van der Waals surface area contributed by atoms with Crippen LogP contribution in [0.2, 0.25) is 0 Å². The van der Waals surface area contributed by atoms with Crippen LogP contribution in [0.4, 0.5) is 0 Å². The van der Waals surface area contributed by atoms with E-state index in [2.05, 4.69) is 52.0 Å². The van der Waals surface area contributed by atoms with Crippen molar-refractivity contribution in [3.63, 3.8) is 0 Å². The lowest BCUT2D eigenvalue weighted by Gasteiger charge is -2.34. The van der Waals surface area contributed by atoms with Crippen LogP contribution in [0.1, 0.15) is 70.9 Å². The summed E-state index contributed by atoms with van der Waals surface area (Å²) in [6, 6.07) is 9.39. The third-order valence-corrected chi connectivity index (χ3v) is 4.40. The first-order chi connectivity index (χ1) is 7.92. The Kier molecular flexibility index (Phi) is 3.34. The lowest BCUT2D eigenvalue weighted by molar-refractivity contribution is 0.319. The molecule has 0 saturated heterocycles. The molecule has 2 rings (SSSR count). The molecule has 0 N–H and O–H groups in total. The second-order valence-corrected chi connectivity index (χ2v) is 6.95. The van der Waals surface area contributed by atoms with Gasteiger partial charge in [0, 0.05) is 0 Å². The summed E-state index contributed by atoms with van der Waals surface area (Å²) in [6.45, 7) is 9.29. The van der Waals surface area contributed by atoms with Crippen molar-refractivity contribution in [2.24, 2.45) is 0 Å². The molecule has 1 saturated carbocycles. The van der Waals surface area contributed by atoms with Gasteiger partial charge in [-0.25, -0.2) is 0 Å². The first-order valence-electron chi connectivity index (χ1n) is 7.03. The second kappa shape index (κ2) is 4.48. The molecule has 1 aliphatic rings. The fourth-order valence-corrected chi connectivity index (χ4v) is 2.99. The van der Waals surface area contributed by atoms with Gasteiger partial charge in [-0.05, 0) is 34.8 Å². The predicted octanol–water partition coefficient (Wildman–Crippen LogP) is 5.21. The van der Waals surface area contributed by atoms with Gasteiger partial charge in [-0.1, -0.05) is 71.2 Å². The molecule has 0 heterocycles. The second-order valence-electron chi connectivity index (χ2n) is 6.95. The lowest BCUT2D eigenvalue weighted by atomic mass is 9.70. The first kappa shape index (κ1) is 12.7. The van der Waals surface area contributed by atoms with Crippen molar-refractivity contribution in [1.29, 1.82) is 0 Å². The lowest BCUT2D eigenvalue weighted by Crippen LogP contribution is -2.25. The van der Waals surface area contributed by atoms with E-state index in [1.54, 1.807) is 5.56 Å². The first-order valence-corrected chi connectivity index (χ1v) is 7.03. The van der Waals surface area contributed by atoms with Crippen LogP contribution < -0.4 is 0 Å². The largest absolute Gasteiger partial charge is 0.0582 e. The van der Waals surface area contributed by atoms with Crippen LogP contribution in [0, 0.1) is 0 Å². The van der Waals surface area contributed by atoms with Crippen molar-refractivity contribution in [3.05, 3.63) is 35.4 Å². The van der Waals surface area contributed by atoms with Gasteiger partial charge in [0.25, 0.3) is 0 Å². The van der Waals surface area contributed by atoms with Gasteiger partial charge in [0.2, 0.25) is 0 Å². The summed E-state index contributed by atoms with van der Waals surface area (Å²) in [5.74, 6) is 0. The molecule has 1 aromatic rings. The predicted molar refractivity (Wildman–Crippen MR) is 75.6 cm³/mol. The maximum atomic E-state index is 2.44. The highest BCUT2D eigenvalue weighted by Gasteiger charge is 2.28. The van der Waals surface area contributed by atoms with Crippen LogP contribution in [0.5, 0.6) is 0 Å². The van der Waals surface area contributed by atoms with E-state index in [0.29, 0.717) is 5.41 Å². The maximum absolute atomic E-state index is 2.44. The highest BCUT2D eigenvalue weighted by atomic mass is 14.3. The minimum atomic E-state index is 0.270. The molecular formula is C17H26. The Labute approximate surface area is 106 Å². The molecule has 17 heavy (non-hydrogen) atoms. The molecule has 0 atom stereocenters. The number of benzene rings is 1. The fraction of sp³-hybridized carbons (Fsp3) is 0.647. The zero-order valence-electron chi connectivity index (χ0n) is 11.8. The molecule has 0 spiro atoms. The van der Waals surface area contributed by atoms with Crippen LogP contribution in [0.25, 0.3) is 0 Å². The molecular weight excluding hydrogens is 204 g/mol. The quantitative estimate of drug-likeness (QED) is 0.621. The topological polar surface area (TPSA) is 0 Å². The molecule has 0 bridgehead atoms. The third kappa shape index (κ3) is 2.73. The molecule has 0 nitrogen and oxygen atoms in total. The molecule has 94 valence electrons. The summed E-state index contributed by atoms with van der Waals surface area (Å²) < 4.78 is 0. The summed E-state index contributed by atoms with van der Waals surface area (Å²) in [5, 5.41) is 0. The standard InChI is InChI=1S/C17H26/c1-16(2,3)14-8-10-15(11-9-14)17(4)12-6-5-7-13-17/h8-11H,5-7,12-13H2,1-4H3. The van der Waals surface area contributed by atoms with Crippen LogP contribution in [0.15, 0.2) is 24.3 Å². The van der Waals surface area contributed by atoms with Crippen LogP contribution >= 0.6 is 0 Å². The zero-order chi connectivity index (χ0) is 12.5. The van der Waals surface area contributed by atoms with E-state index in [1.807, 2.05) is 0 Å². The van der Waals surface area contributed by atoms with E-state index in [0.717, 1.165) is 0 Å². The number of hydrogen-bond acceptors (Lipinski definition) is 0. The number of hydrogen-bond donors (Lipinski definition) is 0. The summed E-state index contributed by atoms with van der Waals surface area (Å²) in [6.07, 6.45) is 6.95. The van der Waals surface area contributed by atoms with E-state index in [9.17, 15) is 0 Å². The smallest absolute Gasteiger partial charge is 0.00752 e. The van der Waals surface area contributed by atoms with Gasteiger partial charge in [-0.15, -0.1) is 0 Å². The molecule has 1 aliphatic carbocycles. The van der Waals surface area contributed by atoms with Crippen molar-refractivity contribution in [2.75, 3.05) is 0 Å².